The van der Waals surface area contributed by atoms with Crippen molar-refractivity contribution < 1.29 is 0 Å². The second-order valence-corrected chi connectivity index (χ2v) is 4.93. The first-order chi connectivity index (χ1) is 7.24. The van der Waals surface area contributed by atoms with Gasteiger partial charge in [-0.05, 0) is 19.1 Å². The van der Waals surface area contributed by atoms with Crippen LogP contribution in [0, 0.1) is 19.3 Å². The molecule has 1 aliphatic heterocycles. The van der Waals surface area contributed by atoms with Crippen molar-refractivity contribution in [3.8, 4) is 12.3 Å². The number of nitrogens with zero attached hydrogens (tertiary/aromatic N) is 2. The lowest BCUT2D eigenvalue weighted by Crippen LogP contribution is -2.06. The second kappa shape index (κ2) is 4.19. The number of hydrogen-bond acceptors (Lipinski definition) is 3. The van der Waals surface area contributed by atoms with Crippen LogP contribution in [0.25, 0.3) is 0 Å². The SMILES string of the molecule is C#CCn1c(C)nc(C2CCSC2)c1N. The van der Waals surface area contributed by atoms with E-state index in [0.29, 0.717) is 12.5 Å². The highest BCUT2D eigenvalue weighted by atomic mass is 32.2. The highest BCUT2D eigenvalue weighted by molar-refractivity contribution is 7.99. The van der Waals surface area contributed by atoms with Gasteiger partial charge in [0, 0.05) is 11.7 Å². The van der Waals surface area contributed by atoms with E-state index >= 15 is 0 Å². The predicted octanol–water partition coefficient (Wildman–Crippen LogP) is 1.63. The van der Waals surface area contributed by atoms with Crippen LogP contribution in [0.15, 0.2) is 0 Å². The molecule has 2 heterocycles. The molecule has 1 aliphatic rings. The minimum absolute atomic E-state index is 0.518. The van der Waals surface area contributed by atoms with Gasteiger partial charge in [-0.25, -0.2) is 4.98 Å². The Morgan fingerprint density at radius 1 is 1.73 bits per heavy atom. The maximum absolute atomic E-state index is 6.07. The summed E-state index contributed by atoms with van der Waals surface area (Å²) >= 11 is 1.97. The van der Waals surface area contributed by atoms with Crippen LogP contribution in [-0.2, 0) is 6.54 Å². The van der Waals surface area contributed by atoms with E-state index in [4.69, 9.17) is 12.2 Å². The summed E-state index contributed by atoms with van der Waals surface area (Å²) in [5.74, 6) is 7.17. The van der Waals surface area contributed by atoms with Gasteiger partial charge in [-0.2, -0.15) is 11.8 Å². The summed E-state index contributed by atoms with van der Waals surface area (Å²) in [7, 11) is 0. The van der Waals surface area contributed by atoms with Crippen molar-refractivity contribution in [3.05, 3.63) is 11.5 Å². The molecule has 80 valence electrons. The Morgan fingerprint density at radius 3 is 3.13 bits per heavy atom. The number of rotatable bonds is 2. The number of thioether (sulfide) groups is 1. The van der Waals surface area contributed by atoms with E-state index < -0.39 is 0 Å². The summed E-state index contributed by atoms with van der Waals surface area (Å²) in [6.45, 7) is 2.48. The van der Waals surface area contributed by atoms with Crippen molar-refractivity contribution in [2.75, 3.05) is 17.2 Å². The van der Waals surface area contributed by atoms with E-state index in [0.717, 1.165) is 23.1 Å². The van der Waals surface area contributed by atoms with Crippen LogP contribution in [0.1, 0.15) is 23.9 Å². The van der Waals surface area contributed by atoms with Crippen molar-refractivity contribution in [1.29, 1.82) is 0 Å². The van der Waals surface area contributed by atoms with E-state index in [1.54, 1.807) is 0 Å². The number of terminal acetylenes is 1. The van der Waals surface area contributed by atoms with Crippen LogP contribution < -0.4 is 5.73 Å². The Balaban J connectivity index is 2.33. The third-order valence-electron chi connectivity index (χ3n) is 2.79. The quantitative estimate of drug-likeness (QED) is 0.772. The molecule has 1 fully saturated rings. The molecule has 1 unspecified atom stereocenters. The topological polar surface area (TPSA) is 43.8 Å². The van der Waals surface area contributed by atoms with Gasteiger partial charge in [0.15, 0.2) is 0 Å². The zero-order chi connectivity index (χ0) is 10.8. The van der Waals surface area contributed by atoms with E-state index in [-0.39, 0.29) is 0 Å². The normalized spacial score (nSPS) is 20.4. The first-order valence-corrected chi connectivity index (χ1v) is 6.23. The highest BCUT2D eigenvalue weighted by Gasteiger charge is 2.24. The second-order valence-electron chi connectivity index (χ2n) is 3.78. The van der Waals surface area contributed by atoms with Crippen LogP contribution in [0.5, 0.6) is 0 Å². The molecule has 2 N–H and O–H groups in total. The molecule has 0 radical (unpaired) electrons. The first kappa shape index (κ1) is 10.4. The summed E-state index contributed by atoms with van der Waals surface area (Å²) in [5, 5.41) is 0. The standard InChI is InChI=1S/C11H15N3S/c1-3-5-14-8(2)13-10(11(14)12)9-4-6-15-7-9/h1,9H,4-7,12H2,2H3. The van der Waals surface area contributed by atoms with Gasteiger partial charge in [-0.3, -0.25) is 0 Å². The number of nitrogen functional groups attached to an aromatic ring is 1. The van der Waals surface area contributed by atoms with Gasteiger partial charge in [-0.1, -0.05) is 5.92 Å². The number of nitrogens with two attached hydrogens (primary N) is 1. The Kier molecular flexibility index (Phi) is 2.92. The molecule has 1 saturated heterocycles. The monoisotopic (exact) mass is 221 g/mol. The molecular formula is C11H15N3S. The molecule has 0 aliphatic carbocycles. The Labute approximate surface area is 94.4 Å². The summed E-state index contributed by atoms with van der Waals surface area (Å²) in [6.07, 6.45) is 6.48. The predicted molar refractivity (Wildman–Crippen MR) is 64.9 cm³/mol. The van der Waals surface area contributed by atoms with Crippen LogP contribution in [0.4, 0.5) is 5.82 Å². The maximum Gasteiger partial charge on any atom is 0.127 e. The minimum atomic E-state index is 0.518. The van der Waals surface area contributed by atoms with Gasteiger partial charge < -0.3 is 10.3 Å². The number of imidazole rings is 1. The summed E-state index contributed by atoms with van der Waals surface area (Å²) < 4.78 is 1.92. The Morgan fingerprint density at radius 2 is 2.53 bits per heavy atom. The van der Waals surface area contributed by atoms with Crippen molar-refractivity contribution >= 4 is 17.6 Å². The zero-order valence-corrected chi connectivity index (χ0v) is 9.68. The van der Waals surface area contributed by atoms with E-state index in [2.05, 4.69) is 10.9 Å². The largest absolute Gasteiger partial charge is 0.384 e. The molecule has 0 saturated carbocycles. The molecule has 0 bridgehead atoms. The lowest BCUT2D eigenvalue weighted by Gasteiger charge is -2.06. The Hall–Kier alpha value is -1.08. The third-order valence-corrected chi connectivity index (χ3v) is 3.95. The molecule has 1 aromatic heterocycles. The fourth-order valence-electron chi connectivity index (χ4n) is 1.95. The molecule has 2 rings (SSSR count). The average Bonchev–Trinajstić information content (AvgIpc) is 2.81. The van der Waals surface area contributed by atoms with Crippen molar-refractivity contribution in [2.24, 2.45) is 0 Å². The molecule has 1 aromatic rings. The van der Waals surface area contributed by atoms with Gasteiger partial charge in [-0.15, -0.1) is 6.42 Å². The molecule has 0 spiro atoms. The van der Waals surface area contributed by atoms with Crippen LogP contribution >= 0.6 is 11.8 Å². The fourth-order valence-corrected chi connectivity index (χ4v) is 3.17. The lowest BCUT2D eigenvalue weighted by molar-refractivity contribution is 0.758. The van der Waals surface area contributed by atoms with Crippen molar-refractivity contribution in [1.82, 2.24) is 9.55 Å². The molecule has 0 aromatic carbocycles. The van der Waals surface area contributed by atoms with Gasteiger partial charge in [0.1, 0.15) is 11.6 Å². The molecule has 1 atom stereocenters. The van der Waals surface area contributed by atoms with E-state index in [9.17, 15) is 0 Å². The smallest absolute Gasteiger partial charge is 0.127 e. The summed E-state index contributed by atoms with van der Waals surface area (Å²) in [6, 6.07) is 0. The molecule has 15 heavy (non-hydrogen) atoms. The van der Waals surface area contributed by atoms with E-state index in [1.807, 2.05) is 23.3 Å². The van der Waals surface area contributed by atoms with Crippen LogP contribution in [-0.4, -0.2) is 21.1 Å². The van der Waals surface area contributed by atoms with Gasteiger partial charge in [0.05, 0.1) is 12.2 Å². The molecule has 3 nitrogen and oxygen atoms in total. The van der Waals surface area contributed by atoms with Gasteiger partial charge in [0.25, 0.3) is 0 Å². The van der Waals surface area contributed by atoms with Gasteiger partial charge >= 0.3 is 0 Å². The molecule has 4 heteroatoms. The molecular weight excluding hydrogens is 206 g/mol. The lowest BCUT2D eigenvalue weighted by atomic mass is 10.1. The summed E-state index contributed by atoms with van der Waals surface area (Å²) in [4.78, 5) is 4.54. The van der Waals surface area contributed by atoms with E-state index in [1.165, 1.54) is 12.2 Å². The Bertz CT molecular complexity index is 397. The number of hydrogen-bond donors (Lipinski definition) is 1. The van der Waals surface area contributed by atoms with Crippen LogP contribution in [0.3, 0.4) is 0 Å². The minimum Gasteiger partial charge on any atom is -0.384 e. The fraction of sp³-hybridized carbons (Fsp3) is 0.545. The zero-order valence-electron chi connectivity index (χ0n) is 8.86. The summed E-state index contributed by atoms with van der Waals surface area (Å²) in [5.41, 5.74) is 7.11. The highest BCUT2D eigenvalue weighted by Crippen LogP contribution is 2.34. The molecule has 0 amide bonds. The third kappa shape index (κ3) is 1.84. The van der Waals surface area contributed by atoms with Crippen molar-refractivity contribution in [3.63, 3.8) is 0 Å². The average molecular weight is 221 g/mol. The number of aromatic nitrogens is 2. The maximum atomic E-state index is 6.07. The van der Waals surface area contributed by atoms with Crippen molar-refractivity contribution in [2.45, 2.75) is 25.8 Å². The number of anilines is 1. The number of aryl methyl sites for hydroxylation is 1. The first-order valence-electron chi connectivity index (χ1n) is 5.07. The van der Waals surface area contributed by atoms with Crippen LogP contribution in [0.2, 0.25) is 0 Å². The van der Waals surface area contributed by atoms with Gasteiger partial charge in [0.2, 0.25) is 0 Å².